The first-order chi connectivity index (χ1) is 12.1. The lowest BCUT2D eigenvalue weighted by Gasteiger charge is -2.27. The lowest BCUT2D eigenvalue weighted by molar-refractivity contribution is 0.237. The quantitative estimate of drug-likeness (QED) is 0.713. The lowest BCUT2D eigenvalue weighted by atomic mass is 10.1. The van der Waals surface area contributed by atoms with Crippen LogP contribution in [0.5, 0.6) is 0 Å². The van der Waals surface area contributed by atoms with Crippen LogP contribution in [-0.4, -0.2) is 26.4 Å². The molecule has 0 radical (unpaired) electrons. The molecular formula is C17H14ClFN4OS. The minimum Gasteiger partial charge on any atom is -0.306 e. The van der Waals surface area contributed by atoms with Crippen LogP contribution in [0.2, 0.25) is 5.02 Å². The van der Waals surface area contributed by atoms with Crippen molar-refractivity contribution in [1.29, 1.82) is 0 Å². The Morgan fingerprint density at radius 1 is 1.44 bits per heavy atom. The molecule has 4 heterocycles. The number of halogens is 2. The van der Waals surface area contributed by atoms with E-state index in [-0.39, 0.29) is 5.56 Å². The van der Waals surface area contributed by atoms with Crippen LogP contribution in [0.15, 0.2) is 34.6 Å². The summed E-state index contributed by atoms with van der Waals surface area (Å²) >= 11 is 7.43. The molecule has 3 aromatic heterocycles. The summed E-state index contributed by atoms with van der Waals surface area (Å²) in [5, 5.41) is 2.35. The average molecular weight is 377 g/mol. The number of aromatic amines is 1. The van der Waals surface area contributed by atoms with E-state index in [2.05, 4.69) is 15.0 Å². The molecule has 0 unspecified atom stereocenters. The fraction of sp³-hybridized carbons (Fsp3) is 0.235. The van der Waals surface area contributed by atoms with Crippen molar-refractivity contribution in [2.75, 3.05) is 6.54 Å². The van der Waals surface area contributed by atoms with Gasteiger partial charge in [-0.3, -0.25) is 9.69 Å². The van der Waals surface area contributed by atoms with E-state index in [9.17, 15) is 9.18 Å². The van der Waals surface area contributed by atoms with E-state index in [1.807, 2.05) is 22.4 Å². The second-order valence-electron chi connectivity index (χ2n) is 5.88. The zero-order chi connectivity index (χ0) is 17.4. The first kappa shape index (κ1) is 16.4. The van der Waals surface area contributed by atoms with Crippen LogP contribution in [0.4, 0.5) is 4.39 Å². The predicted molar refractivity (Wildman–Crippen MR) is 95.2 cm³/mol. The van der Waals surface area contributed by atoms with Gasteiger partial charge in [0, 0.05) is 37.8 Å². The molecule has 1 aliphatic heterocycles. The monoisotopic (exact) mass is 376 g/mol. The van der Waals surface area contributed by atoms with Gasteiger partial charge in [-0.1, -0.05) is 17.7 Å². The average Bonchev–Trinajstić information content (AvgIpc) is 3.13. The highest BCUT2D eigenvalue weighted by molar-refractivity contribution is 7.13. The van der Waals surface area contributed by atoms with Crippen LogP contribution in [0.3, 0.4) is 0 Å². The van der Waals surface area contributed by atoms with E-state index in [0.29, 0.717) is 48.0 Å². The van der Waals surface area contributed by atoms with Gasteiger partial charge in [-0.25, -0.2) is 9.97 Å². The van der Waals surface area contributed by atoms with Gasteiger partial charge in [-0.2, -0.15) is 4.39 Å². The van der Waals surface area contributed by atoms with Crippen molar-refractivity contribution in [3.8, 4) is 10.7 Å². The molecule has 4 rings (SSSR count). The highest BCUT2D eigenvalue weighted by Gasteiger charge is 2.22. The maximum Gasteiger partial charge on any atom is 0.255 e. The third kappa shape index (κ3) is 3.35. The Labute approximate surface area is 152 Å². The maximum absolute atomic E-state index is 13.8. The van der Waals surface area contributed by atoms with E-state index >= 15 is 0 Å². The molecule has 0 bridgehead atoms. The van der Waals surface area contributed by atoms with Crippen LogP contribution >= 0.6 is 22.9 Å². The first-order valence-electron chi connectivity index (χ1n) is 7.78. The molecule has 1 aliphatic rings. The molecule has 0 atom stereocenters. The van der Waals surface area contributed by atoms with Crippen LogP contribution in [0, 0.1) is 5.95 Å². The van der Waals surface area contributed by atoms with E-state index in [1.165, 1.54) is 17.5 Å². The van der Waals surface area contributed by atoms with Gasteiger partial charge in [0.05, 0.1) is 21.2 Å². The summed E-state index contributed by atoms with van der Waals surface area (Å²) in [6, 6.07) is 5.43. The molecule has 128 valence electrons. The number of rotatable bonds is 3. The molecule has 5 nitrogen and oxygen atoms in total. The largest absolute Gasteiger partial charge is 0.306 e. The summed E-state index contributed by atoms with van der Waals surface area (Å²) < 4.78 is 13.8. The minimum atomic E-state index is -0.532. The summed E-state index contributed by atoms with van der Waals surface area (Å²) in [4.78, 5) is 26.5. The number of H-pyrrole nitrogens is 1. The summed E-state index contributed by atoms with van der Waals surface area (Å²) in [6.07, 6.45) is 1.93. The third-order valence-electron chi connectivity index (χ3n) is 4.17. The number of pyridine rings is 1. The van der Waals surface area contributed by atoms with Crippen LogP contribution in [-0.2, 0) is 19.5 Å². The number of nitrogens with one attached hydrogen (secondary N) is 1. The fourth-order valence-electron chi connectivity index (χ4n) is 2.96. The standard InChI is InChI=1S/C17H14ClFN4OS/c18-11-6-10(15(19)20-7-11)8-23-4-3-13-12(9-23)17(24)22-16(21-13)14-2-1-5-25-14/h1-2,5-7H,3-4,8-9H2,(H,21,22,24). The zero-order valence-electron chi connectivity index (χ0n) is 13.1. The smallest absolute Gasteiger partial charge is 0.255 e. The van der Waals surface area contributed by atoms with Crippen LogP contribution < -0.4 is 5.56 Å². The normalized spacial score (nSPS) is 14.5. The van der Waals surface area contributed by atoms with Crippen molar-refractivity contribution in [2.45, 2.75) is 19.5 Å². The Morgan fingerprint density at radius 3 is 3.12 bits per heavy atom. The number of hydrogen-bond donors (Lipinski definition) is 1. The predicted octanol–water partition coefficient (Wildman–Crippen LogP) is 3.24. The van der Waals surface area contributed by atoms with E-state index in [4.69, 9.17) is 11.6 Å². The molecule has 0 saturated heterocycles. The Kier molecular flexibility index (Phi) is 4.37. The zero-order valence-corrected chi connectivity index (χ0v) is 14.7. The summed E-state index contributed by atoms with van der Waals surface area (Å²) in [5.74, 6) is 0.0764. The minimum absolute atomic E-state index is 0.136. The van der Waals surface area contributed by atoms with Crippen LogP contribution in [0.1, 0.15) is 16.8 Å². The second-order valence-corrected chi connectivity index (χ2v) is 7.27. The van der Waals surface area contributed by atoms with Crippen molar-refractivity contribution in [2.24, 2.45) is 0 Å². The van der Waals surface area contributed by atoms with E-state index < -0.39 is 5.95 Å². The van der Waals surface area contributed by atoms with Crippen molar-refractivity contribution in [3.63, 3.8) is 0 Å². The SMILES string of the molecule is O=c1[nH]c(-c2cccs2)nc2c1CN(Cc1cc(Cl)cnc1F)CC2. The molecule has 0 aromatic carbocycles. The Hall–Kier alpha value is -2.09. The molecule has 3 aromatic rings. The highest BCUT2D eigenvalue weighted by Crippen LogP contribution is 2.23. The Morgan fingerprint density at radius 2 is 2.32 bits per heavy atom. The van der Waals surface area contributed by atoms with Crippen molar-refractivity contribution in [3.05, 3.63) is 67.9 Å². The molecule has 0 aliphatic carbocycles. The Bertz CT molecular complexity index is 973. The number of hydrogen-bond acceptors (Lipinski definition) is 5. The highest BCUT2D eigenvalue weighted by atomic mass is 35.5. The molecule has 0 fully saturated rings. The molecule has 8 heteroatoms. The van der Waals surface area contributed by atoms with Crippen molar-refractivity contribution >= 4 is 22.9 Å². The van der Waals surface area contributed by atoms with Gasteiger partial charge in [0.1, 0.15) is 0 Å². The van der Waals surface area contributed by atoms with Gasteiger partial charge in [-0.05, 0) is 17.5 Å². The molecule has 0 saturated carbocycles. The first-order valence-corrected chi connectivity index (χ1v) is 9.04. The summed E-state index contributed by atoms with van der Waals surface area (Å²) in [6.45, 7) is 1.47. The molecular weight excluding hydrogens is 363 g/mol. The topological polar surface area (TPSA) is 61.9 Å². The maximum atomic E-state index is 13.8. The molecule has 0 spiro atoms. The molecule has 0 amide bonds. The van der Waals surface area contributed by atoms with E-state index in [1.54, 1.807) is 6.07 Å². The van der Waals surface area contributed by atoms with Gasteiger partial charge in [0.15, 0.2) is 5.82 Å². The van der Waals surface area contributed by atoms with Gasteiger partial charge in [-0.15, -0.1) is 11.3 Å². The number of fused-ring (bicyclic) bond motifs is 1. The van der Waals surface area contributed by atoms with Crippen molar-refractivity contribution in [1.82, 2.24) is 19.9 Å². The lowest BCUT2D eigenvalue weighted by Crippen LogP contribution is -2.35. The van der Waals surface area contributed by atoms with Crippen LogP contribution in [0.25, 0.3) is 10.7 Å². The van der Waals surface area contributed by atoms with Gasteiger partial charge < -0.3 is 4.98 Å². The van der Waals surface area contributed by atoms with Gasteiger partial charge >= 0.3 is 0 Å². The summed E-state index contributed by atoms with van der Waals surface area (Å²) in [7, 11) is 0. The molecule has 25 heavy (non-hydrogen) atoms. The Balaban J connectivity index is 1.59. The third-order valence-corrected chi connectivity index (χ3v) is 5.26. The number of nitrogens with zero attached hydrogens (tertiary/aromatic N) is 3. The van der Waals surface area contributed by atoms with Crippen molar-refractivity contribution < 1.29 is 4.39 Å². The fourth-order valence-corrected chi connectivity index (χ4v) is 3.81. The second kappa shape index (κ2) is 6.67. The van der Waals surface area contributed by atoms with E-state index in [0.717, 1.165) is 10.6 Å². The molecule has 1 N–H and O–H groups in total. The number of thiophene rings is 1. The summed E-state index contributed by atoms with van der Waals surface area (Å²) in [5.41, 5.74) is 1.74. The van der Waals surface area contributed by atoms with Gasteiger partial charge in [0.2, 0.25) is 5.95 Å². The number of aromatic nitrogens is 3. The van der Waals surface area contributed by atoms with Gasteiger partial charge in [0.25, 0.3) is 5.56 Å².